The van der Waals surface area contributed by atoms with Gasteiger partial charge in [-0.15, -0.1) is 5.10 Å². The van der Waals surface area contributed by atoms with Crippen molar-refractivity contribution >= 4 is 15.9 Å². The van der Waals surface area contributed by atoms with Gasteiger partial charge in [0.15, 0.2) is 0 Å². The summed E-state index contributed by atoms with van der Waals surface area (Å²) >= 11 is 3.41. The summed E-state index contributed by atoms with van der Waals surface area (Å²) < 4.78 is 2.80. The van der Waals surface area contributed by atoms with E-state index in [1.54, 1.807) is 6.20 Å². The van der Waals surface area contributed by atoms with Gasteiger partial charge in [-0.2, -0.15) is 0 Å². The van der Waals surface area contributed by atoms with Gasteiger partial charge >= 0.3 is 0 Å². The maximum absolute atomic E-state index is 4.13. The van der Waals surface area contributed by atoms with Crippen LogP contribution in [-0.2, 0) is 13.1 Å². The van der Waals surface area contributed by atoms with Crippen LogP contribution in [0, 0.1) is 0 Å². The zero-order chi connectivity index (χ0) is 12.8. The molecule has 0 atom stereocenters. The van der Waals surface area contributed by atoms with Crippen LogP contribution in [0.3, 0.4) is 0 Å². The average Bonchev–Trinajstić information content (AvgIpc) is 2.77. The molecule has 2 aromatic heterocycles. The fraction of sp³-hybridized carbons (Fsp3) is 0.417. The summed E-state index contributed by atoms with van der Waals surface area (Å²) in [6.45, 7) is 4.60. The van der Waals surface area contributed by atoms with Crippen molar-refractivity contribution in [2.24, 2.45) is 0 Å². The molecule has 0 unspecified atom stereocenters. The van der Waals surface area contributed by atoms with Gasteiger partial charge in [0, 0.05) is 23.4 Å². The molecule has 0 aromatic carbocycles. The lowest BCUT2D eigenvalue weighted by Crippen LogP contribution is -2.13. The third-order valence-electron chi connectivity index (χ3n) is 2.43. The van der Waals surface area contributed by atoms with E-state index in [0.29, 0.717) is 6.54 Å². The molecule has 0 radical (unpaired) electrons. The van der Waals surface area contributed by atoms with Gasteiger partial charge in [-0.3, -0.25) is 4.98 Å². The number of rotatable bonds is 6. The molecule has 5 nitrogen and oxygen atoms in total. The third-order valence-corrected chi connectivity index (χ3v) is 2.86. The normalized spacial score (nSPS) is 10.8. The van der Waals surface area contributed by atoms with Crippen molar-refractivity contribution in [1.82, 2.24) is 25.3 Å². The number of hydrogen-bond donors (Lipinski definition) is 1. The van der Waals surface area contributed by atoms with E-state index in [2.05, 4.69) is 43.5 Å². The van der Waals surface area contributed by atoms with Gasteiger partial charge in [0.05, 0.1) is 18.4 Å². The summed E-state index contributed by atoms with van der Waals surface area (Å²) in [6, 6.07) is 2.03. The summed E-state index contributed by atoms with van der Waals surface area (Å²) in [5.41, 5.74) is 2.06. The molecule has 2 rings (SSSR count). The van der Waals surface area contributed by atoms with E-state index in [0.717, 1.165) is 35.2 Å². The van der Waals surface area contributed by atoms with Crippen LogP contribution in [-0.4, -0.2) is 26.5 Å². The smallest absolute Gasteiger partial charge is 0.0964 e. The van der Waals surface area contributed by atoms with E-state index >= 15 is 0 Å². The third kappa shape index (κ3) is 3.89. The second-order valence-corrected chi connectivity index (χ2v) is 5.01. The van der Waals surface area contributed by atoms with Crippen molar-refractivity contribution in [3.63, 3.8) is 0 Å². The van der Waals surface area contributed by atoms with Gasteiger partial charge in [-0.1, -0.05) is 12.1 Å². The topological polar surface area (TPSA) is 55.6 Å². The molecule has 0 saturated heterocycles. The Labute approximate surface area is 115 Å². The number of halogens is 1. The average molecular weight is 310 g/mol. The molecule has 0 aliphatic heterocycles. The van der Waals surface area contributed by atoms with Gasteiger partial charge in [-0.05, 0) is 40.5 Å². The molecule has 96 valence electrons. The molecule has 1 N–H and O–H groups in total. The molecule has 6 heteroatoms. The molecule has 2 heterocycles. The van der Waals surface area contributed by atoms with Crippen LogP contribution in [0.1, 0.15) is 24.6 Å². The summed E-state index contributed by atoms with van der Waals surface area (Å²) in [4.78, 5) is 4.13. The maximum atomic E-state index is 4.13. The minimum atomic E-state index is 0.688. The molecule has 0 saturated carbocycles. The van der Waals surface area contributed by atoms with Crippen molar-refractivity contribution in [3.05, 3.63) is 40.4 Å². The summed E-state index contributed by atoms with van der Waals surface area (Å²) in [5.74, 6) is 0. The van der Waals surface area contributed by atoms with Crippen LogP contribution in [0.4, 0.5) is 0 Å². The van der Waals surface area contributed by atoms with Gasteiger partial charge in [0.1, 0.15) is 0 Å². The SMILES string of the molecule is CCCNCc1cn(Cc2cncc(Br)c2)nn1. The van der Waals surface area contributed by atoms with Crippen molar-refractivity contribution in [3.8, 4) is 0 Å². The summed E-state index contributed by atoms with van der Waals surface area (Å²) in [6.07, 6.45) is 6.69. The fourth-order valence-corrected chi connectivity index (χ4v) is 2.03. The van der Waals surface area contributed by atoms with Gasteiger partial charge < -0.3 is 5.32 Å². The molecule has 2 aromatic rings. The Balaban J connectivity index is 1.94. The Hall–Kier alpha value is -1.27. The van der Waals surface area contributed by atoms with Gasteiger partial charge in [-0.25, -0.2) is 4.68 Å². The number of nitrogens with one attached hydrogen (secondary N) is 1. The Morgan fingerprint density at radius 3 is 3.06 bits per heavy atom. The largest absolute Gasteiger partial charge is 0.311 e. The Kier molecular flexibility index (Phi) is 4.83. The maximum Gasteiger partial charge on any atom is 0.0964 e. The van der Waals surface area contributed by atoms with Crippen molar-refractivity contribution < 1.29 is 0 Å². The van der Waals surface area contributed by atoms with E-state index in [4.69, 9.17) is 0 Å². The molecular formula is C12H16BrN5. The fourth-order valence-electron chi connectivity index (χ4n) is 1.62. The highest BCUT2D eigenvalue weighted by Crippen LogP contribution is 2.10. The first-order valence-corrected chi connectivity index (χ1v) is 6.76. The van der Waals surface area contributed by atoms with Crippen LogP contribution in [0.25, 0.3) is 0 Å². The molecule has 0 amide bonds. The van der Waals surface area contributed by atoms with Crippen LogP contribution in [0.2, 0.25) is 0 Å². The van der Waals surface area contributed by atoms with Crippen LogP contribution in [0.5, 0.6) is 0 Å². The van der Waals surface area contributed by atoms with E-state index in [1.165, 1.54) is 0 Å². The molecule has 0 fully saturated rings. The lowest BCUT2D eigenvalue weighted by Gasteiger charge is -2.00. The minimum absolute atomic E-state index is 0.688. The van der Waals surface area contributed by atoms with E-state index in [9.17, 15) is 0 Å². The Morgan fingerprint density at radius 2 is 2.28 bits per heavy atom. The Morgan fingerprint density at radius 1 is 1.39 bits per heavy atom. The second kappa shape index (κ2) is 6.61. The standard InChI is InChI=1S/C12H16BrN5/c1-2-3-14-7-12-9-18(17-16-12)8-10-4-11(13)6-15-5-10/h4-6,9,14H,2-3,7-8H2,1H3. The highest BCUT2D eigenvalue weighted by Gasteiger charge is 2.02. The van der Waals surface area contributed by atoms with Crippen LogP contribution >= 0.6 is 15.9 Å². The highest BCUT2D eigenvalue weighted by atomic mass is 79.9. The number of hydrogen-bond acceptors (Lipinski definition) is 4. The van der Waals surface area contributed by atoms with E-state index < -0.39 is 0 Å². The van der Waals surface area contributed by atoms with E-state index in [-0.39, 0.29) is 0 Å². The molecule has 0 bridgehead atoms. The lowest BCUT2D eigenvalue weighted by molar-refractivity contribution is 0.644. The predicted molar refractivity (Wildman–Crippen MR) is 73.1 cm³/mol. The molecule has 0 spiro atoms. The molecule has 0 aliphatic carbocycles. The van der Waals surface area contributed by atoms with Crippen molar-refractivity contribution in [2.75, 3.05) is 6.54 Å². The van der Waals surface area contributed by atoms with Crippen molar-refractivity contribution in [1.29, 1.82) is 0 Å². The monoisotopic (exact) mass is 309 g/mol. The second-order valence-electron chi connectivity index (χ2n) is 4.10. The predicted octanol–water partition coefficient (Wildman–Crippen LogP) is 1.98. The van der Waals surface area contributed by atoms with Gasteiger partial charge in [0.2, 0.25) is 0 Å². The number of aromatic nitrogens is 4. The molecule has 0 aliphatic rings. The highest BCUT2D eigenvalue weighted by molar-refractivity contribution is 9.10. The lowest BCUT2D eigenvalue weighted by atomic mass is 10.3. The number of nitrogens with zero attached hydrogens (tertiary/aromatic N) is 4. The molecule has 18 heavy (non-hydrogen) atoms. The first-order chi connectivity index (χ1) is 8.78. The number of pyridine rings is 1. The summed E-state index contributed by atoms with van der Waals surface area (Å²) in [7, 11) is 0. The Bertz CT molecular complexity index is 497. The first-order valence-electron chi connectivity index (χ1n) is 5.97. The minimum Gasteiger partial charge on any atom is -0.311 e. The first kappa shape index (κ1) is 13.2. The zero-order valence-electron chi connectivity index (χ0n) is 10.3. The zero-order valence-corrected chi connectivity index (χ0v) is 11.9. The quantitative estimate of drug-likeness (QED) is 0.829. The van der Waals surface area contributed by atoms with Crippen LogP contribution < -0.4 is 5.32 Å². The van der Waals surface area contributed by atoms with Crippen molar-refractivity contribution in [2.45, 2.75) is 26.4 Å². The summed E-state index contributed by atoms with van der Waals surface area (Å²) in [5, 5.41) is 11.5. The van der Waals surface area contributed by atoms with Crippen LogP contribution in [0.15, 0.2) is 29.1 Å². The molecular weight excluding hydrogens is 294 g/mol. The van der Waals surface area contributed by atoms with Gasteiger partial charge in [0.25, 0.3) is 0 Å². The van der Waals surface area contributed by atoms with E-state index in [1.807, 2.05) is 23.1 Å².